The Labute approximate surface area is 105 Å². The van der Waals surface area contributed by atoms with Gasteiger partial charge in [-0.3, -0.25) is 9.59 Å². The van der Waals surface area contributed by atoms with Crippen molar-refractivity contribution in [3.8, 4) is 5.75 Å². The van der Waals surface area contributed by atoms with E-state index in [9.17, 15) is 9.59 Å². The monoisotopic (exact) mass is 248 g/mol. The molecule has 1 heterocycles. The molecule has 2 N–H and O–H groups in total. The van der Waals surface area contributed by atoms with Gasteiger partial charge in [-0.25, -0.2) is 0 Å². The molecule has 1 saturated heterocycles. The molecule has 5 heteroatoms. The number of hydrogen-bond acceptors (Lipinski definition) is 3. The summed E-state index contributed by atoms with van der Waals surface area (Å²) in [5, 5.41) is 12.0. The van der Waals surface area contributed by atoms with E-state index in [2.05, 4.69) is 5.32 Å². The molecule has 0 saturated carbocycles. The third-order valence-electron chi connectivity index (χ3n) is 3.09. The summed E-state index contributed by atoms with van der Waals surface area (Å²) in [6.07, 6.45) is 1.14. The standard InChI is InChI=1S/C13H16N2O3/c1-15-8-10(4-7-12(15)17)14-13(18)9-2-5-11(16)6-3-9/h2-3,5-6,10,16H,4,7-8H2,1H3,(H,14,18). The Kier molecular flexibility index (Phi) is 3.50. The molecule has 1 aromatic carbocycles. The van der Waals surface area contributed by atoms with Gasteiger partial charge in [0.05, 0.1) is 0 Å². The van der Waals surface area contributed by atoms with Gasteiger partial charge in [-0.1, -0.05) is 0 Å². The zero-order chi connectivity index (χ0) is 13.1. The molecule has 0 bridgehead atoms. The van der Waals surface area contributed by atoms with Gasteiger partial charge in [-0.05, 0) is 30.7 Å². The van der Waals surface area contributed by atoms with Crippen molar-refractivity contribution < 1.29 is 14.7 Å². The second-order valence-corrected chi connectivity index (χ2v) is 4.53. The molecule has 96 valence electrons. The summed E-state index contributed by atoms with van der Waals surface area (Å²) in [4.78, 5) is 24.9. The second kappa shape index (κ2) is 5.08. The van der Waals surface area contributed by atoms with Gasteiger partial charge in [-0.2, -0.15) is 0 Å². The molecular formula is C13H16N2O3. The molecule has 0 aromatic heterocycles. The number of nitrogens with one attached hydrogen (secondary N) is 1. The molecular weight excluding hydrogens is 232 g/mol. The van der Waals surface area contributed by atoms with Crippen molar-refractivity contribution in [1.29, 1.82) is 0 Å². The number of piperidine rings is 1. The van der Waals surface area contributed by atoms with Gasteiger partial charge in [0.15, 0.2) is 0 Å². The largest absolute Gasteiger partial charge is 0.508 e. The van der Waals surface area contributed by atoms with E-state index in [-0.39, 0.29) is 23.6 Å². The zero-order valence-corrected chi connectivity index (χ0v) is 10.2. The number of rotatable bonds is 2. The van der Waals surface area contributed by atoms with Gasteiger partial charge < -0.3 is 15.3 Å². The number of phenolic OH excluding ortho intramolecular Hbond substituents is 1. The molecule has 1 atom stereocenters. The molecule has 18 heavy (non-hydrogen) atoms. The van der Waals surface area contributed by atoms with Crippen molar-refractivity contribution in [3.05, 3.63) is 29.8 Å². The smallest absolute Gasteiger partial charge is 0.251 e. The van der Waals surface area contributed by atoms with Gasteiger partial charge in [0.1, 0.15) is 5.75 Å². The van der Waals surface area contributed by atoms with E-state index in [0.717, 1.165) is 0 Å². The van der Waals surface area contributed by atoms with E-state index in [1.54, 1.807) is 24.1 Å². The van der Waals surface area contributed by atoms with Gasteiger partial charge >= 0.3 is 0 Å². The number of phenols is 1. The lowest BCUT2D eigenvalue weighted by molar-refractivity contribution is -0.132. The Bertz CT molecular complexity index is 456. The van der Waals surface area contributed by atoms with E-state index in [1.165, 1.54) is 12.1 Å². The van der Waals surface area contributed by atoms with Crippen LogP contribution >= 0.6 is 0 Å². The molecule has 2 amide bonds. The normalized spacial score (nSPS) is 19.7. The predicted octanol–water partition coefficient (Wildman–Crippen LogP) is 0.743. The first kappa shape index (κ1) is 12.4. The van der Waals surface area contributed by atoms with Gasteiger partial charge in [0.2, 0.25) is 5.91 Å². The molecule has 1 unspecified atom stereocenters. The van der Waals surface area contributed by atoms with Crippen molar-refractivity contribution in [2.45, 2.75) is 18.9 Å². The Morgan fingerprint density at radius 2 is 2.06 bits per heavy atom. The fourth-order valence-corrected chi connectivity index (χ4v) is 2.01. The number of amides is 2. The van der Waals surface area contributed by atoms with Crippen LogP contribution in [0.5, 0.6) is 5.75 Å². The number of aromatic hydroxyl groups is 1. The number of carbonyl (C=O) groups is 2. The van der Waals surface area contributed by atoms with Crippen LogP contribution in [-0.2, 0) is 4.79 Å². The summed E-state index contributed by atoms with van der Waals surface area (Å²) in [6, 6.07) is 6.09. The topological polar surface area (TPSA) is 69.6 Å². The summed E-state index contributed by atoms with van der Waals surface area (Å²) in [6.45, 7) is 0.544. The van der Waals surface area contributed by atoms with Crippen LogP contribution in [0.3, 0.4) is 0 Å². The number of carbonyl (C=O) groups excluding carboxylic acids is 2. The van der Waals surface area contributed by atoms with Gasteiger partial charge in [0, 0.05) is 31.6 Å². The third-order valence-corrected chi connectivity index (χ3v) is 3.09. The number of likely N-dealkylation sites (tertiary alicyclic amines) is 1. The third kappa shape index (κ3) is 2.80. The summed E-state index contributed by atoms with van der Waals surface area (Å²) in [7, 11) is 1.74. The van der Waals surface area contributed by atoms with Crippen LogP contribution in [0.4, 0.5) is 0 Å². The van der Waals surface area contributed by atoms with Crippen molar-refractivity contribution in [3.63, 3.8) is 0 Å². The van der Waals surface area contributed by atoms with E-state index < -0.39 is 0 Å². The van der Waals surface area contributed by atoms with E-state index >= 15 is 0 Å². The van der Waals surface area contributed by atoms with Crippen molar-refractivity contribution in [2.75, 3.05) is 13.6 Å². The highest BCUT2D eigenvalue weighted by Crippen LogP contribution is 2.12. The Hall–Kier alpha value is -2.04. The highest BCUT2D eigenvalue weighted by molar-refractivity contribution is 5.94. The van der Waals surface area contributed by atoms with Crippen LogP contribution in [0.15, 0.2) is 24.3 Å². The first-order chi connectivity index (χ1) is 8.56. The van der Waals surface area contributed by atoms with Crippen LogP contribution in [-0.4, -0.2) is 41.5 Å². The summed E-state index contributed by atoms with van der Waals surface area (Å²) >= 11 is 0. The van der Waals surface area contributed by atoms with Gasteiger partial charge in [0.25, 0.3) is 5.91 Å². The Morgan fingerprint density at radius 3 is 2.67 bits per heavy atom. The van der Waals surface area contributed by atoms with Crippen molar-refractivity contribution >= 4 is 11.8 Å². The minimum absolute atomic E-state index is 0.00555. The fourth-order valence-electron chi connectivity index (χ4n) is 2.01. The first-order valence-electron chi connectivity index (χ1n) is 5.90. The van der Waals surface area contributed by atoms with E-state index in [1.807, 2.05) is 0 Å². The zero-order valence-electron chi connectivity index (χ0n) is 10.2. The molecule has 5 nitrogen and oxygen atoms in total. The molecule has 1 fully saturated rings. The maximum Gasteiger partial charge on any atom is 0.251 e. The van der Waals surface area contributed by atoms with Crippen molar-refractivity contribution in [1.82, 2.24) is 10.2 Å². The average Bonchev–Trinajstić information content (AvgIpc) is 2.34. The summed E-state index contributed by atoms with van der Waals surface area (Å²) in [5.41, 5.74) is 0.507. The molecule has 1 aromatic rings. The molecule has 0 aliphatic carbocycles. The lowest BCUT2D eigenvalue weighted by atomic mass is 10.1. The molecule has 2 rings (SSSR count). The van der Waals surface area contributed by atoms with Crippen LogP contribution < -0.4 is 5.32 Å². The maximum atomic E-state index is 11.9. The molecule has 1 aliphatic heterocycles. The highest BCUT2D eigenvalue weighted by Gasteiger charge is 2.24. The van der Waals surface area contributed by atoms with Crippen molar-refractivity contribution in [2.24, 2.45) is 0 Å². The Balaban J connectivity index is 1.95. The summed E-state index contributed by atoms with van der Waals surface area (Å²) < 4.78 is 0. The first-order valence-corrected chi connectivity index (χ1v) is 5.90. The van der Waals surface area contributed by atoms with Crippen LogP contribution in [0.2, 0.25) is 0 Å². The lowest BCUT2D eigenvalue weighted by Gasteiger charge is -2.30. The van der Waals surface area contributed by atoms with Gasteiger partial charge in [-0.15, -0.1) is 0 Å². The van der Waals surface area contributed by atoms with E-state index in [4.69, 9.17) is 5.11 Å². The van der Waals surface area contributed by atoms with E-state index in [0.29, 0.717) is 24.9 Å². The number of likely N-dealkylation sites (N-methyl/N-ethyl adjacent to an activating group) is 1. The quantitative estimate of drug-likeness (QED) is 0.811. The van der Waals surface area contributed by atoms with Crippen LogP contribution in [0, 0.1) is 0 Å². The molecule has 0 radical (unpaired) electrons. The average molecular weight is 248 g/mol. The maximum absolute atomic E-state index is 11.9. The van der Waals surface area contributed by atoms with Crippen LogP contribution in [0.1, 0.15) is 23.2 Å². The van der Waals surface area contributed by atoms with Crippen LogP contribution in [0.25, 0.3) is 0 Å². The molecule has 1 aliphatic rings. The fraction of sp³-hybridized carbons (Fsp3) is 0.385. The highest BCUT2D eigenvalue weighted by atomic mass is 16.3. The minimum Gasteiger partial charge on any atom is -0.508 e. The summed E-state index contributed by atoms with van der Waals surface area (Å²) in [5.74, 6) is 0.0717. The minimum atomic E-state index is -0.178. The number of nitrogens with zero attached hydrogens (tertiary/aromatic N) is 1. The molecule has 0 spiro atoms. The predicted molar refractivity (Wildman–Crippen MR) is 66.2 cm³/mol. The number of benzene rings is 1. The Morgan fingerprint density at radius 1 is 1.39 bits per heavy atom. The second-order valence-electron chi connectivity index (χ2n) is 4.53. The number of hydrogen-bond donors (Lipinski definition) is 2. The SMILES string of the molecule is CN1CC(NC(=O)c2ccc(O)cc2)CCC1=O. The lowest BCUT2D eigenvalue weighted by Crippen LogP contribution is -2.48.